The summed E-state index contributed by atoms with van der Waals surface area (Å²) in [6.07, 6.45) is 2.63. The van der Waals surface area contributed by atoms with Crippen LogP contribution in [0, 0.1) is 10.1 Å². The molecule has 1 aromatic heterocycles. The van der Waals surface area contributed by atoms with E-state index >= 15 is 0 Å². The summed E-state index contributed by atoms with van der Waals surface area (Å²) in [6.45, 7) is 0.289. The SMILES string of the molecule is CN(Cc1ccccc1Cl)C(=O)c1ccc(-n2cncn2)c([N+](=O)[O-])c1. The Bertz CT molecular complexity index is 959. The standard InChI is InChI=1S/C17H14ClN5O3/c1-21(9-13-4-2-3-5-14(13)18)17(24)12-6-7-15(16(8-12)23(25)26)22-11-19-10-20-22/h2-8,10-11H,9H2,1H3. The Morgan fingerprint density at radius 3 is 2.73 bits per heavy atom. The zero-order valence-electron chi connectivity index (χ0n) is 13.7. The van der Waals surface area contributed by atoms with Crippen LogP contribution in [0.5, 0.6) is 0 Å². The van der Waals surface area contributed by atoms with Crippen molar-refractivity contribution in [2.24, 2.45) is 0 Å². The second-order valence-corrected chi connectivity index (χ2v) is 5.96. The average Bonchev–Trinajstić information content (AvgIpc) is 3.17. The van der Waals surface area contributed by atoms with E-state index in [2.05, 4.69) is 10.1 Å². The number of carbonyl (C=O) groups excluding carboxylic acids is 1. The summed E-state index contributed by atoms with van der Waals surface area (Å²) in [7, 11) is 1.61. The first-order valence-corrected chi connectivity index (χ1v) is 7.97. The van der Waals surface area contributed by atoms with Crippen LogP contribution in [0.3, 0.4) is 0 Å². The van der Waals surface area contributed by atoms with Crippen molar-refractivity contribution < 1.29 is 9.72 Å². The number of hydrogen-bond acceptors (Lipinski definition) is 5. The molecule has 0 bridgehead atoms. The van der Waals surface area contributed by atoms with E-state index < -0.39 is 4.92 Å². The minimum absolute atomic E-state index is 0.204. The number of benzene rings is 2. The van der Waals surface area contributed by atoms with E-state index in [1.54, 1.807) is 19.2 Å². The summed E-state index contributed by atoms with van der Waals surface area (Å²) in [6, 6.07) is 11.4. The van der Waals surface area contributed by atoms with Gasteiger partial charge < -0.3 is 4.90 Å². The number of nitro benzene ring substituents is 1. The lowest BCUT2D eigenvalue weighted by Gasteiger charge is -2.18. The first-order valence-electron chi connectivity index (χ1n) is 7.59. The molecule has 0 atom stereocenters. The molecule has 0 N–H and O–H groups in total. The van der Waals surface area contributed by atoms with Crippen molar-refractivity contribution in [1.29, 1.82) is 0 Å². The summed E-state index contributed by atoms with van der Waals surface area (Å²) >= 11 is 6.12. The predicted molar refractivity (Wildman–Crippen MR) is 95.3 cm³/mol. The number of nitrogens with zero attached hydrogens (tertiary/aromatic N) is 5. The zero-order valence-corrected chi connectivity index (χ0v) is 14.5. The quantitative estimate of drug-likeness (QED) is 0.507. The molecule has 0 aliphatic rings. The molecule has 0 saturated heterocycles. The van der Waals surface area contributed by atoms with E-state index in [9.17, 15) is 14.9 Å². The molecule has 0 unspecified atom stereocenters. The van der Waals surface area contributed by atoms with Crippen molar-refractivity contribution in [3.05, 3.63) is 81.4 Å². The molecule has 26 heavy (non-hydrogen) atoms. The fraction of sp³-hybridized carbons (Fsp3) is 0.118. The summed E-state index contributed by atoms with van der Waals surface area (Å²) in [4.78, 5) is 28.7. The number of aromatic nitrogens is 3. The van der Waals surface area contributed by atoms with Crippen LogP contribution in [-0.2, 0) is 6.54 Å². The summed E-state index contributed by atoms with van der Waals surface area (Å²) < 4.78 is 1.28. The van der Waals surface area contributed by atoms with Gasteiger partial charge in [-0.3, -0.25) is 14.9 Å². The molecule has 0 spiro atoms. The molecule has 0 radical (unpaired) electrons. The van der Waals surface area contributed by atoms with Crippen LogP contribution in [0.25, 0.3) is 5.69 Å². The van der Waals surface area contributed by atoms with Gasteiger partial charge in [0.2, 0.25) is 0 Å². The second-order valence-electron chi connectivity index (χ2n) is 5.55. The van der Waals surface area contributed by atoms with Crippen LogP contribution in [0.1, 0.15) is 15.9 Å². The van der Waals surface area contributed by atoms with E-state index in [0.717, 1.165) is 5.56 Å². The molecule has 0 fully saturated rings. The van der Waals surface area contributed by atoms with E-state index in [-0.39, 0.29) is 29.4 Å². The lowest BCUT2D eigenvalue weighted by atomic mass is 10.1. The van der Waals surface area contributed by atoms with Gasteiger partial charge in [0.05, 0.1) is 4.92 Å². The highest BCUT2D eigenvalue weighted by Gasteiger charge is 2.21. The Hall–Kier alpha value is -3.26. The Morgan fingerprint density at radius 2 is 2.08 bits per heavy atom. The lowest BCUT2D eigenvalue weighted by Crippen LogP contribution is -2.26. The first-order chi connectivity index (χ1) is 12.5. The molecule has 2 aromatic carbocycles. The van der Waals surface area contributed by atoms with Crippen LogP contribution < -0.4 is 0 Å². The van der Waals surface area contributed by atoms with Crippen LogP contribution in [-0.4, -0.2) is 37.5 Å². The molecule has 8 nitrogen and oxygen atoms in total. The summed E-state index contributed by atoms with van der Waals surface area (Å²) in [5, 5.41) is 15.9. The van der Waals surface area contributed by atoms with Gasteiger partial charge in [0.25, 0.3) is 11.6 Å². The highest BCUT2D eigenvalue weighted by Crippen LogP contribution is 2.25. The topological polar surface area (TPSA) is 94.2 Å². The van der Waals surface area contributed by atoms with E-state index in [1.165, 1.54) is 40.4 Å². The van der Waals surface area contributed by atoms with Crippen molar-refractivity contribution >= 4 is 23.2 Å². The number of halogens is 1. The molecule has 9 heteroatoms. The van der Waals surface area contributed by atoms with E-state index in [1.807, 2.05) is 12.1 Å². The first kappa shape index (κ1) is 17.6. The molecule has 0 saturated carbocycles. The molecule has 1 heterocycles. The Labute approximate surface area is 153 Å². The highest BCUT2D eigenvalue weighted by atomic mass is 35.5. The van der Waals surface area contributed by atoms with Crippen LogP contribution >= 0.6 is 11.6 Å². The number of carbonyl (C=O) groups is 1. The van der Waals surface area contributed by atoms with Gasteiger partial charge in [-0.05, 0) is 23.8 Å². The summed E-state index contributed by atoms with van der Waals surface area (Å²) in [5.74, 6) is -0.349. The Kier molecular flexibility index (Phi) is 4.94. The smallest absolute Gasteiger partial charge is 0.295 e. The molecule has 3 aromatic rings. The van der Waals surface area contributed by atoms with Gasteiger partial charge in [-0.15, -0.1) is 0 Å². The molecular formula is C17H14ClN5O3. The van der Waals surface area contributed by atoms with Gasteiger partial charge in [0.15, 0.2) is 0 Å². The average molecular weight is 372 g/mol. The monoisotopic (exact) mass is 371 g/mol. The van der Waals surface area contributed by atoms with Crippen molar-refractivity contribution in [3.8, 4) is 5.69 Å². The Balaban J connectivity index is 1.89. The normalized spacial score (nSPS) is 10.5. The maximum absolute atomic E-state index is 12.7. The van der Waals surface area contributed by atoms with Gasteiger partial charge in [-0.25, -0.2) is 9.67 Å². The second kappa shape index (κ2) is 7.32. The number of amides is 1. The van der Waals surface area contributed by atoms with Crippen LogP contribution in [0.2, 0.25) is 5.02 Å². The van der Waals surface area contributed by atoms with Gasteiger partial charge >= 0.3 is 0 Å². The molecule has 3 rings (SSSR count). The van der Waals surface area contributed by atoms with Crippen molar-refractivity contribution in [2.75, 3.05) is 7.05 Å². The van der Waals surface area contributed by atoms with Gasteiger partial charge in [0.1, 0.15) is 18.3 Å². The fourth-order valence-corrected chi connectivity index (χ4v) is 2.70. The van der Waals surface area contributed by atoms with Crippen molar-refractivity contribution in [1.82, 2.24) is 19.7 Å². The zero-order chi connectivity index (χ0) is 18.7. The van der Waals surface area contributed by atoms with Crippen LogP contribution in [0.15, 0.2) is 55.1 Å². The van der Waals surface area contributed by atoms with Gasteiger partial charge in [0, 0.05) is 30.2 Å². The van der Waals surface area contributed by atoms with Gasteiger partial charge in [-0.1, -0.05) is 29.8 Å². The fourth-order valence-electron chi connectivity index (χ4n) is 2.50. The van der Waals surface area contributed by atoms with E-state index in [4.69, 9.17) is 11.6 Å². The number of hydrogen-bond donors (Lipinski definition) is 0. The molecule has 1 amide bonds. The molecule has 132 valence electrons. The van der Waals surface area contributed by atoms with E-state index in [0.29, 0.717) is 5.02 Å². The maximum Gasteiger partial charge on any atom is 0.295 e. The number of rotatable bonds is 5. The number of nitro groups is 1. The van der Waals surface area contributed by atoms with Crippen molar-refractivity contribution in [3.63, 3.8) is 0 Å². The predicted octanol–water partition coefficient (Wildman–Crippen LogP) is 3.10. The largest absolute Gasteiger partial charge is 0.337 e. The van der Waals surface area contributed by atoms with Gasteiger partial charge in [-0.2, -0.15) is 5.10 Å². The molecule has 0 aliphatic carbocycles. The van der Waals surface area contributed by atoms with Crippen molar-refractivity contribution in [2.45, 2.75) is 6.54 Å². The highest BCUT2D eigenvalue weighted by molar-refractivity contribution is 6.31. The summed E-state index contributed by atoms with van der Waals surface area (Å²) in [5.41, 5.74) is 0.999. The Morgan fingerprint density at radius 1 is 1.31 bits per heavy atom. The lowest BCUT2D eigenvalue weighted by molar-refractivity contribution is -0.384. The molecule has 0 aliphatic heterocycles. The third-order valence-corrected chi connectivity index (χ3v) is 4.17. The molecular weight excluding hydrogens is 358 g/mol. The minimum Gasteiger partial charge on any atom is -0.337 e. The third kappa shape index (κ3) is 3.55. The third-order valence-electron chi connectivity index (χ3n) is 3.80. The minimum atomic E-state index is -0.554. The maximum atomic E-state index is 12.7. The van der Waals surface area contributed by atoms with Crippen LogP contribution in [0.4, 0.5) is 5.69 Å².